The van der Waals surface area contributed by atoms with Crippen molar-refractivity contribution in [1.29, 1.82) is 0 Å². The number of hydrogen-bond acceptors (Lipinski definition) is 4. The molecule has 0 spiro atoms. The van der Waals surface area contributed by atoms with Crippen LogP contribution < -0.4 is 0 Å². The molecule has 0 aliphatic heterocycles. The molecule has 1 aliphatic carbocycles. The molecule has 0 aromatic heterocycles. The van der Waals surface area contributed by atoms with Crippen LogP contribution in [-0.2, 0) is 14.4 Å². The first kappa shape index (κ1) is 12.7. The molecule has 0 aromatic carbocycles. The van der Waals surface area contributed by atoms with Gasteiger partial charge in [0.1, 0.15) is 18.1 Å². The Balaban J connectivity index is 2.62. The van der Waals surface area contributed by atoms with E-state index in [-0.39, 0.29) is 0 Å². The van der Waals surface area contributed by atoms with Crippen LogP contribution >= 0.6 is 0 Å². The molecule has 88 valence electrons. The number of rotatable bonds is 6. The second-order valence-corrected chi connectivity index (χ2v) is 3.41. The van der Waals surface area contributed by atoms with Crippen molar-refractivity contribution in [2.24, 2.45) is 0 Å². The Labute approximate surface area is 94.8 Å². The Morgan fingerprint density at radius 1 is 1.56 bits per heavy atom. The maximum atomic E-state index is 10.7. The van der Waals surface area contributed by atoms with Gasteiger partial charge in [-0.3, -0.25) is 0 Å². The van der Waals surface area contributed by atoms with Crippen molar-refractivity contribution in [2.45, 2.75) is 25.9 Å². The SMILES string of the molecule is CCOC(C=O)CC1=CC=C(OO)CC=C1. The van der Waals surface area contributed by atoms with Crippen LogP contribution in [0.3, 0.4) is 0 Å². The highest BCUT2D eigenvalue weighted by Crippen LogP contribution is 2.16. The van der Waals surface area contributed by atoms with Gasteiger partial charge in [0.2, 0.25) is 0 Å². The maximum Gasteiger partial charge on any atom is 0.149 e. The minimum absolute atomic E-state index is 0.411. The Bertz CT molecular complexity index is 315. The quantitative estimate of drug-likeness (QED) is 0.427. The Morgan fingerprint density at radius 2 is 2.38 bits per heavy atom. The van der Waals surface area contributed by atoms with E-state index in [1.807, 2.05) is 25.2 Å². The molecular weight excluding hydrogens is 208 g/mol. The van der Waals surface area contributed by atoms with Gasteiger partial charge >= 0.3 is 0 Å². The molecule has 0 aromatic rings. The van der Waals surface area contributed by atoms with Gasteiger partial charge < -0.3 is 14.4 Å². The average Bonchev–Trinajstić information content (AvgIpc) is 2.53. The van der Waals surface area contributed by atoms with Gasteiger partial charge in [0, 0.05) is 19.4 Å². The standard InChI is InChI=1S/C12H16O4/c1-2-15-12(9-13)8-10-4-3-5-11(16-14)7-6-10/h3-4,6-7,9,12,14H,2,5,8H2,1H3. The molecule has 0 fully saturated rings. The van der Waals surface area contributed by atoms with Crippen LogP contribution in [0.15, 0.2) is 35.6 Å². The largest absolute Gasteiger partial charge is 0.371 e. The summed E-state index contributed by atoms with van der Waals surface area (Å²) in [6.07, 6.45) is 8.72. The zero-order valence-electron chi connectivity index (χ0n) is 9.26. The van der Waals surface area contributed by atoms with Crippen LogP contribution in [0.5, 0.6) is 0 Å². The summed E-state index contributed by atoms with van der Waals surface area (Å²) in [6.45, 7) is 2.37. The normalized spacial score (nSPS) is 17.1. The fraction of sp³-hybridized carbons (Fsp3) is 0.417. The number of carbonyl (C=O) groups excluding carboxylic acids is 1. The molecular formula is C12H16O4. The first-order chi connectivity index (χ1) is 7.80. The average molecular weight is 224 g/mol. The van der Waals surface area contributed by atoms with E-state index in [4.69, 9.17) is 9.99 Å². The first-order valence-corrected chi connectivity index (χ1v) is 5.24. The zero-order chi connectivity index (χ0) is 11.8. The van der Waals surface area contributed by atoms with E-state index in [1.54, 1.807) is 6.08 Å². The van der Waals surface area contributed by atoms with Crippen molar-refractivity contribution < 1.29 is 19.7 Å². The zero-order valence-corrected chi connectivity index (χ0v) is 9.26. The molecule has 0 amide bonds. The molecule has 16 heavy (non-hydrogen) atoms. The lowest BCUT2D eigenvalue weighted by Crippen LogP contribution is -2.14. The van der Waals surface area contributed by atoms with Crippen molar-refractivity contribution in [2.75, 3.05) is 6.61 Å². The number of hydrogen-bond donors (Lipinski definition) is 1. The van der Waals surface area contributed by atoms with Gasteiger partial charge in [-0.25, -0.2) is 5.26 Å². The van der Waals surface area contributed by atoms with E-state index in [1.165, 1.54) is 0 Å². The topological polar surface area (TPSA) is 55.8 Å². The van der Waals surface area contributed by atoms with Crippen LogP contribution in [0, 0.1) is 0 Å². The van der Waals surface area contributed by atoms with Crippen LogP contribution in [0.2, 0.25) is 0 Å². The third-order valence-electron chi connectivity index (χ3n) is 2.22. The van der Waals surface area contributed by atoms with Gasteiger partial charge in [-0.05, 0) is 18.6 Å². The molecule has 0 radical (unpaired) electrons. The Kier molecular flexibility index (Phi) is 5.53. The molecule has 1 unspecified atom stereocenters. The minimum atomic E-state index is -0.411. The lowest BCUT2D eigenvalue weighted by Gasteiger charge is -2.10. The summed E-state index contributed by atoms with van der Waals surface area (Å²) in [5, 5.41) is 8.50. The van der Waals surface area contributed by atoms with Crippen LogP contribution in [0.4, 0.5) is 0 Å². The molecule has 1 rings (SSSR count). The molecule has 4 nitrogen and oxygen atoms in total. The van der Waals surface area contributed by atoms with Gasteiger partial charge in [-0.2, -0.15) is 0 Å². The number of ether oxygens (including phenoxy) is 1. The summed E-state index contributed by atoms with van der Waals surface area (Å²) in [6, 6.07) is 0. The van der Waals surface area contributed by atoms with E-state index in [9.17, 15) is 4.79 Å². The molecule has 1 atom stereocenters. The van der Waals surface area contributed by atoms with Gasteiger partial charge in [0.25, 0.3) is 0 Å². The number of carbonyl (C=O) groups is 1. The van der Waals surface area contributed by atoms with Crippen molar-refractivity contribution in [3.63, 3.8) is 0 Å². The highest BCUT2D eigenvalue weighted by Gasteiger charge is 2.09. The predicted molar refractivity (Wildman–Crippen MR) is 59.7 cm³/mol. The molecule has 0 saturated carbocycles. The fourth-order valence-corrected chi connectivity index (χ4v) is 1.45. The summed E-state index contributed by atoms with van der Waals surface area (Å²) >= 11 is 0. The number of aldehydes is 1. The van der Waals surface area contributed by atoms with Crippen molar-refractivity contribution in [3.05, 3.63) is 35.6 Å². The van der Waals surface area contributed by atoms with Crippen LogP contribution in [0.25, 0.3) is 0 Å². The highest BCUT2D eigenvalue weighted by molar-refractivity contribution is 5.57. The third-order valence-corrected chi connectivity index (χ3v) is 2.22. The van der Waals surface area contributed by atoms with Crippen molar-refractivity contribution in [3.8, 4) is 0 Å². The van der Waals surface area contributed by atoms with Crippen molar-refractivity contribution >= 4 is 6.29 Å². The van der Waals surface area contributed by atoms with Crippen LogP contribution in [-0.4, -0.2) is 24.3 Å². The molecule has 4 heteroatoms. The second kappa shape index (κ2) is 6.98. The second-order valence-electron chi connectivity index (χ2n) is 3.41. The first-order valence-electron chi connectivity index (χ1n) is 5.24. The maximum absolute atomic E-state index is 10.7. The van der Waals surface area contributed by atoms with Gasteiger partial charge in [-0.1, -0.05) is 18.2 Å². The Morgan fingerprint density at radius 3 is 3.00 bits per heavy atom. The third kappa shape index (κ3) is 4.00. The van der Waals surface area contributed by atoms with Crippen LogP contribution in [0.1, 0.15) is 19.8 Å². The summed E-state index contributed by atoms with van der Waals surface area (Å²) in [5.74, 6) is 0.477. The molecule has 1 N–H and O–H groups in total. The fourth-order valence-electron chi connectivity index (χ4n) is 1.45. The predicted octanol–water partition coefficient (Wildman–Crippen LogP) is 2.24. The van der Waals surface area contributed by atoms with E-state index in [0.29, 0.717) is 25.2 Å². The Hall–Kier alpha value is -1.39. The van der Waals surface area contributed by atoms with E-state index < -0.39 is 6.10 Å². The smallest absolute Gasteiger partial charge is 0.149 e. The molecule has 1 aliphatic rings. The summed E-state index contributed by atoms with van der Waals surface area (Å²) in [7, 11) is 0. The number of allylic oxidation sites excluding steroid dienone is 4. The van der Waals surface area contributed by atoms with Gasteiger partial charge in [0.15, 0.2) is 0 Å². The van der Waals surface area contributed by atoms with Gasteiger partial charge in [-0.15, -0.1) is 0 Å². The molecule has 0 bridgehead atoms. The summed E-state index contributed by atoms with van der Waals surface area (Å²) < 4.78 is 5.24. The monoisotopic (exact) mass is 224 g/mol. The lowest BCUT2D eigenvalue weighted by atomic mass is 10.1. The van der Waals surface area contributed by atoms with E-state index in [2.05, 4.69) is 4.89 Å². The molecule has 0 heterocycles. The summed E-state index contributed by atoms with van der Waals surface area (Å²) in [5.41, 5.74) is 0.970. The van der Waals surface area contributed by atoms with Gasteiger partial charge in [0.05, 0.1) is 0 Å². The minimum Gasteiger partial charge on any atom is -0.371 e. The highest BCUT2D eigenvalue weighted by atomic mass is 17.1. The molecule has 0 saturated heterocycles. The van der Waals surface area contributed by atoms with Crippen molar-refractivity contribution in [1.82, 2.24) is 0 Å². The van der Waals surface area contributed by atoms with E-state index in [0.717, 1.165) is 11.9 Å². The summed E-state index contributed by atoms with van der Waals surface area (Å²) in [4.78, 5) is 14.9. The lowest BCUT2D eigenvalue weighted by molar-refractivity contribution is -0.204. The van der Waals surface area contributed by atoms with E-state index >= 15 is 0 Å².